The first kappa shape index (κ1) is 17.1. The first-order chi connectivity index (χ1) is 10.4. The molecule has 0 unspecified atom stereocenters. The Labute approximate surface area is 134 Å². The highest BCUT2D eigenvalue weighted by atomic mass is 16.6. The van der Waals surface area contributed by atoms with Gasteiger partial charge in [0.25, 0.3) is 0 Å². The van der Waals surface area contributed by atoms with Crippen LogP contribution < -0.4 is 5.32 Å². The lowest BCUT2D eigenvalue weighted by molar-refractivity contribution is 0.0276. The zero-order chi connectivity index (χ0) is 16.0. The van der Waals surface area contributed by atoms with Gasteiger partial charge < -0.3 is 10.1 Å². The highest BCUT2D eigenvalue weighted by Gasteiger charge is 2.25. The van der Waals surface area contributed by atoms with Crippen molar-refractivity contribution in [2.75, 3.05) is 26.2 Å². The van der Waals surface area contributed by atoms with Gasteiger partial charge in [-0.25, -0.2) is 4.79 Å². The Morgan fingerprint density at radius 3 is 2.73 bits per heavy atom. The number of carbonyl (C=O) groups is 1. The molecule has 0 aromatic carbocycles. The third-order valence-electron chi connectivity index (χ3n) is 4.27. The van der Waals surface area contributed by atoms with E-state index >= 15 is 0 Å². The number of ether oxygens (including phenoxy) is 1. The Bertz CT molecular complexity index is 395. The predicted octanol–water partition coefficient (Wildman–Crippen LogP) is 3.20. The van der Waals surface area contributed by atoms with Crippen LogP contribution in [0.5, 0.6) is 0 Å². The number of amides is 1. The van der Waals surface area contributed by atoms with E-state index in [0.29, 0.717) is 19.6 Å². The van der Waals surface area contributed by atoms with Crippen LogP contribution in [0.25, 0.3) is 0 Å². The molecular formula is C17H31N3O2. The molecule has 5 nitrogen and oxygen atoms in total. The number of rotatable bonds is 3. The summed E-state index contributed by atoms with van der Waals surface area (Å²) in [7, 11) is 0. The molecule has 22 heavy (non-hydrogen) atoms. The van der Waals surface area contributed by atoms with E-state index in [4.69, 9.17) is 4.74 Å². The minimum absolute atomic E-state index is 0.242. The van der Waals surface area contributed by atoms with Crippen molar-refractivity contribution in [3.8, 4) is 0 Å². The number of hydrogen-bond donors (Lipinski definition) is 1. The lowest BCUT2D eigenvalue weighted by atomic mass is 9.87. The second-order valence-electron chi connectivity index (χ2n) is 7.45. The fraction of sp³-hybridized carbons (Fsp3) is 0.882. The minimum atomic E-state index is -0.444. The van der Waals surface area contributed by atoms with Crippen LogP contribution in [0.3, 0.4) is 0 Å². The van der Waals surface area contributed by atoms with E-state index in [9.17, 15) is 4.79 Å². The van der Waals surface area contributed by atoms with Gasteiger partial charge in [-0.1, -0.05) is 32.1 Å². The molecule has 1 saturated carbocycles. The second kappa shape index (κ2) is 7.84. The van der Waals surface area contributed by atoms with Crippen molar-refractivity contribution in [1.82, 2.24) is 10.2 Å². The molecule has 0 aromatic rings. The average Bonchev–Trinajstić information content (AvgIpc) is 2.47. The zero-order valence-corrected chi connectivity index (χ0v) is 14.4. The van der Waals surface area contributed by atoms with Crippen LogP contribution in [0, 0.1) is 5.92 Å². The van der Waals surface area contributed by atoms with E-state index in [0.717, 1.165) is 18.3 Å². The van der Waals surface area contributed by atoms with E-state index < -0.39 is 5.60 Å². The summed E-state index contributed by atoms with van der Waals surface area (Å²) in [4.78, 5) is 18.3. The third kappa shape index (κ3) is 5.85. The van der Waals surface area contributed by atoms with Gasteiger partial charge >= 0.3 is 6.09 Å². The van der Waals surface area contributed by atoms with E-state index in [1.54, 1.807) is 4.90 Å². The molecule has 5 heteroatoms. The SMILES string of the molecule is CC(C)(C)OC(=O)N1CCN=C(NCCC2CCCCC2)C1. The van der Waals surface area contributed by atoms with Crippen molar-refractivity contribution in [2.45, 2.75) is 64.9 Å². The standard InChI is InChI=1S/C17H31N3O2/c1-17(2,3)22-16(21)20-12-11-19-15(13-20)18-10-9-14-7-5-4-6-8-14/h14H,4-13H2,1-3H3,(H,18,19). The Balaban J connectivity index is 1.71. The molecule has 126 valence electrons. The molecule has 1 N–H and O–H groups in total. The van der Waals surface area contributed by atoms with Gasteiger partial charge in [0.05, 0.1) is 13.1 Å². The smallest absolute Gasteiger partial charge is 0.410 e. The number of nitrogens with zero attached hydrogens (tertiary/aromatic N) is 2. The lowest BCUT2D eigenvalue weighted by Crippen LogP contribution is -2.47. The maximum Gasteiger partial charge on any atom is 0.410 e. The lowest BCUT2D eigenvalue weighted by Gasteiger charge is -2.30. The summed E-state index contributed by atoms with van der Waals surface area (Å²) in [5.74, 6) is 1.79. The average molecular weight is 309 g/mol. The molecule has 1 aliphatic heterocycles. The molecule has 0 saturated heterocycles. The fourth-order valence-electron chi connectivity index (χ4n) is 3.11. The molecule has 1 aliphatic carbocycles. The van der Waals surface area contributed by atoms with Crippen molar-refractivity contribution in [3.05, 3.63) is 0 Å². The van der Waals surface area contributed by atoms with Gasteiger partial charge in [-0.3, -0.25) is 9.89 Å². The Hall–Kier alpha value is -1.26. The van der Waals surface area contributed by atoms with Crippen LogP contribution in [0.2, 0.25) is 0 Å². The summed E-state index contributed by atoms with van der Waals surface area (Å²) in [6.45, 7) is 8.49. The highest BCUT2D eigenvalue weighted by molar-refractivity contribution is 5.87. The van der Waals surface area contributed by atoms with Crippen LogP contribution in [-0.2, 0) is 4.74 Å². The summed E-state index contributed by atoms with van der Waals surface area (Å²) in [5, 5.41) is 3.42. The Morgan fingerprint density at radius 1 is 1.32 bits per heavy atom. The largest absolute Gasteiger partial charge is 0.444 e. The number of amidine groups is 1. The van der Waals surface area contributed by atoms with E-state index in [1.807, 2.05) is 20.8 Å². The van der Waals surface area contributed by atoms with Crippen molar-refractivity contribution in [2.24, 2.45) is 10.9 Å². The monoisotopic (exact) mass is 309 g/mol. The summed E-state index contributed by atoms with van der Waals surface area (Å²) in [5.41, 5.74) is -0.444. The highest BCUT2D eigenvalue weighted by Crippen LogP contribution is 2.25. The molecule has 1 amide bonds. The van der Waals surface area contributed by atoms with Gasteiger partial charge in [-0.05, 0) is 33.1 Å². The van der Waals surface area contributed by atoms with Crippen molar-refractivity contribution in [3.63, 3.8) is 0 Å². The van der Waals surface area contributed by atoms with E-state index in [1.165, 1.54) is 38.5 Å². The molecule has 0 aromatic heterocycles. The van der Waals surface area contributed by atoms with Gasteiger partial charge in [-0.15, -0.1) is 0 Å². The van der Waals surface area contributed by atoms with Crippen LogP contribution in [0.1, 0.15) is 59.3 Å². The quantitative estimate of drug-likeness (QED) is 0.871. The normalized spacial score (nSPS) is 20.5. The number of carbonyl (C=O) groups excluding carboxylic acids is 1. The maximum absolute atomic E-state index is 12.1. The molecular weight excluding hydrogens is 278 g/mol. The minimum Gasteiger partial charge on any atom is -0.444 e. The summed E-state index contributed by atoms with van der Waals surface area (Å²) >= 11 is 0. The second-order valence-corrected chi connectivity index (χ2v) is 7.45. The van der Waals surface area contributed by atoms with Crippen molar-refractivity contribution < 1.29 is 9.53 Å². The van der Waals surface area contributed by atoms with E-state index in [-0.39, 0.29) is 6.09 Å². The summed E-state index contributed by atoms with van der Waals surface area (Å²) in [6, 6.07) is 0. The van der Waals surface area contributed by atoms with Crippen molar-refractivity contribution >= 4 is 11.9 Å². The zero-order valence-electron chi connectivity index (χ0n) is 14.4. The number of hydrogen-bond acceptors (Lipinski definition) is 4. The topological polar surface area (TPSA) is 53.9 Å². The maximum atomic E-state index is 12.1. The van der Waals surface area contributed by atoms with Gasteiger partial charge in [0, 0.05) is 13.1 Å². The predicted molar refractivity (Wildman–Crippen MR) is 89.3 cm³/mol. The molecule has 1 heterocycles. The first-order valence-electron chi connectivity index (χ1n) is 8.69. The van der Waals surface area contributed by atoms with Crippen molar-refractivity contribution in [1.29, 1.82) is 0 Å². The first-order valence-corrected chi connectivity index (χ1v) is 8.69. The van der Waals surface area contributed by atoms with Crippen LogP contribution in [-0.4, -0.2) is 48.6 Å². The molecule has 1 fully saturated rings. The molecule has 2 aliphatic rings. The van der Waals surface area contributed by atoms with Gasteiger partial charge in [0.15, 0.2) is 0 Å². The molecule has 0 spiro atoms. The summed E-state index contributed by atoms with van der Waals surface area (Å²) in [6.07, 6.45) is 7.90. The number of nitrogens with one attached hydrogen (secondary N) is 1. The van der Waals surface area contributed by atoms with Crippen LogP contribution in [0.15, 0.2) is 4.99 Å². The van der Waals surface area contributed by atoms with Gasteiger partial charge in [0.1, 0.15) is 11.4 Å². The molecule has 0 radical (unpaired) electrons. The van der Waals surface area contributed by atoms with Crippen LogP contribution >= 0.6 is 0 Å². The van der Waals surface area contributed by atoms with Gasteiger partial charge in [0.2, 0.25) is 0 Å². The summed E-state index contributed by atoms with van der Waals surface area (Å²) < 4.78 is 5.43. The van der Waals surface area contributed by atoms with E-state index in [2.05, 4.69) is 10.3 Å². The number of aliphatic imine (C=N–C) groups is 1. The van der Waals surface area contributed by atoms with Gasteiger partial charge in [-0.2, -0.15) is 0 Å². The Kier molecular flexibility index (Phi) is 6.09. The molecule has 2 rings (SSSR count). The molecule has 0 bridgehead atoms. The Morgan fingerprint density at radius 2 is 2.05 bits per heavy atom. The third-order valence-corrected chi connectivity index (χ3v) is 4.27. The van der Waals surface area contributed by atoms with Crippen LogP contribution in [0.4, 0.5) is 4.79 Å². The fourth-order valence-corrected chi connectivity index (χ4v) is 3.11. The molecule has 0 atom stereocenters.